The van der Waals surface area contributed by atoms with Gasteiger partial charge in [-0.2, -0.15) is 0 Å². The van der Waals surface area contributed by atoms with Gasteiger partial charge in [0.15, 0.2) is 0 Å². The Morgan fingerprint density at radius 3 is 3.15 bits per heavy atom. The molecule has 2 atom stereocenters. The van der Waals surface area contributed by atoms with Crippen molar-refractivity contribution in [3.63, 3.8) is 0 Å². The van der Waals surface area contributed by atoms with Gasteiger partial charge in [-0.05, 0) is 37.9 Å². The van der Waals surface area contributed by atoms with Crippen molar-refractivity contribution < 1.29 is 4.79 Å². The van der Waals surface area contributed by atoms with Crippen molar-refractivity contribution in [3.05, 3.63) is 29.8 Å². The molecule has 0 spiro atoms. The fourth-order valence-electron chi connectivity index (χ4n) is 3.20. The van der Waals surface area contributed by atoms with Crippen molar-refractivity contribution in [1.82, 2.24) is 10.6 Å². The Bertz CT molecular complexity index is 482. The van der Waals surface area contributed by atoms with E-state index in [1.807, 2.05) is 0 Å². The molecule has 0 aliphatic carbocycles. The molecule has 1 fully saturated rings. The van der Waals surface area contributed by atoms with Crippen LogP contribution in [0.15, 0.2) is 24.3 Å². The number of nitrogens with zero attached hydrogens (tertiary/aromatic N) is 1. The number of para-hydroxylation sites is 1. The van der Waals surface area contributed by atoms with Gasteiger partial charge in [-0.25, -0.2) is 0 Å². The van der Waals surface area contributed by atoms with Crippen molar-refractivity contribution in [2.75, 3.05) is 31.1 Å². The van der Waals surface area contributed by atoms with Crippen LogP contribution in [0.25, 0.3) is 0 Å². The number of amides is 1. The molecule has 0 saturated carbocycles. The normalized spacial score (nSPS) is 22.6. The second kappa shape index (κ2) is 5.83. The van der Waals surface area contributed by atoms with E-state index in [0.717, 1.165) is 39.0 Å². The Hall–Kier alpha value is -1.55. The van der Waals surface area contributed by atoms with E-state index in [-0.39, 0.29) is 11.8 Å². The Balaban J connectivity index is 1.55. The molecular weight excluding hydrogens is 250 g/mol. The Labute approximate surface area is 120 Å². The number of anilines is 1. The van der Waals surface area contributed by atoms with E-state index >= 15 is 0 Å². The highest BCUT2D eigenvalue weighted by molar-refractivity contribution is 5.79. The number of carbonyl (C=O) groups excluding carboxylic acids is 1. The molecule has 20 heavy (non-hydrogen) atoms. The molecule has 2 unspecified atom stereocenters. The summed E-state index contributed by atoms with van der Waals surface area (Å²) >= 11 is 0. The number of carbonyl (C=O) groups is 1. The maximum atomic E-state index is 12.0. The molecule has 1 saturated heterocycles. The third-order valence-electron chi connectivity index (χ3n) is 4.46. The zero-order chi connectivity index (χ0) is 13.9. The Morgan fingerprint density at radius 1 is 1.50 bits per heavy atom. The number of nitrogens with one attached hydrogen (secondary N) is 2. The first-order chi connectivity index (χ1) is 9.75. The molecule has 4 heteroatoms. The van der Waals surface area contributed by atoms with Crippen LogP contribution in [0, 0.1) is 5.92 Å². The zero-order valence-electron chi connectivity index (χ0n) is 12.1. The van der Waals surface area contributed by atoms with E-state index in [0.29, 0.717) is 6.04 Å². The molecule has 2 N–H and O–H groups in total. The van der Waals surface area contributed by atoms with E-state index in [1.165, 1.54) is 11.3 Å². The highest BCUT2D eigenvalue weighted by atomic mass is 16.1. The van der Waals surface area contributed by atoms with Crippen LogP contribution in [0.3, 0.4) is 0 Å². The fraction of sp³-hybridized carbons (Fsp3) is 0.562. The summed E-state index contributed by atoms with van der Waals surface area (Å²) in [5.74, 6) is 0.363. The third-order valence-corrected chi connectivity index (χ3v) is 4.46. The van der Waals surface area contributed by atoms with E-state index in [9.17, 15) is 4.79 Å². The van der Waals surface area contributed by atoms with Crippen LogP contribution in [0.4, 0.5) is 5.69 Å². The molecule has 2 heterocycles. The third kappa shape index (κ3) is 2.66. The van der Waals surface area contributed by atoms with Crippen LogP contribution in [0.1, 0.15) is 18.9 Å². The fourth-order valence-corrected chi connectivity index (χ4v) is 3.20. The van der Waals surface area contributed by atoms with Gasteiger partial charge >= 0.3 is 0 Å². The number of benzene rings is 1. The minimum absolute atomic E-state index is 0.160. The summed E-state index contributed by atoms with van der Waals surface area (Å²) < 4.78 is 0. The molecule has 4 nitrogen and oxygen atoms in total. The molecule has 1 aromatic rings. The van der Waals surface area contributed by atoms with E-state index < -0.39 is 0 Å². The first-order valence-corrected chi connectivity index (χ1v) is 7.58. The van der Waals surface area contributed by atoms with Crippen LogP contribution in [0.2, 0.25) is 0 Å². The summed E-state index contributed by atoms with van der Waals surface area (Å²) in [6.45, 7) is 5.76. The van der Waals surface area contributed by atoms with E-state index in [1.54, 1.807) is 0 Å². The van der Waals surface area contributed by atoms with Gasteiger partial charge < -0.3 is 15.5 Å². The van der Waals surface area contributed by atoms with Gasteiger partial charge in [0.05, 0.1) is 5.92 Å². The maximum Gasteiger partial charge on any atom is 0.224 e. The molecule has 0 bridgehead atoms. The first-order valence-electron chi connectivity index (χ1n) is 7.58. The molecule has 1 amide bonds. The summed E-state index contributed by atoms with van der Waals surface area (Å²) in [4.78, 5) is 14.4. The smallest absolute Gasteiger partial charge is 0.224 e. The molecular formula is C16H23N3O. The summed E-state index contributed by atoms with van der Waals surface area (Å²) in [7, 11) is 0. The van der Waals surface area contributed by atoms with Gasteiger partial charge in [0.1, 0.15) is 0 Å². The van der Waals surface area contributed by atoms with Crippen LogP contribution in [-0.4, -0.2) is 38.1 Å². The lowest BCUT2D eigenvalue weighted by atomic mass is 10.1. The van der Waals surface area contributed by atoms with Gasteiger partial charge in [-0.1, -0.05) is 18.2 Å². The molecule has 108 valence electrons. The minimum Gasteiger partial charge on any atom is -0.366 e. The van der Waals surface area contributed by atoms with Gasteiger partial charge in [0.25, 0.3) is 0 Å². The average molecular weight is 273 g/mol. The van der Waals surface area contributed by atoms with Crippen molar-refractivity contribution in [1.29, 1.82) is 0 Å². The van der Waals surface area contributed by atoms with Crippen molar-refractivity contribution in [2.45, 2.75) is 25.8 Å². The van der Waals surface area contributed by atoms with Gasteiger partial charge in [0, 0.05) is 31.4 Å². The number of hydrogen-bond acceptors (Lipinski definition) is 3. The second-order valence-corrected chi connectivity index (χ2v) is 5.86. The van der Waals surface area contributed by atoms with Crippen molar-refractivity contribution in [2.24, 2.45) is 5.92 Å². The van der Waals surface area contributed by atoms with E-state index in [4.69, 9.17) is 0 Å². The zero-order valence-corrected chi connectivity index (χ0v) is 12.1. The van der Waals surface area contributed by atoms with Gasteiger partial charge in [-0.3, -0.25) is 4.79 Å². The van der Waals surface area contributed by atoms with Gasteiger partial charge in [0.2, 0.25) is 5.91 Å². The lowest BCUT2D eigenvalue weighted by molar-refractivity contribution is -0.124. The highest BCUT2D eigenvalue weighted by Gasteiger charge is 2.25. The molecule has 3 rings (SSSR count). The molecule has 0 aromatic heterocycles. The quantitative estimate of drug-likeness (QED) is 0.865. The molecule has 0 radical (unpaired) electrons. The molecule has 1 aromatic carbocycles. The number of fused-ring (bicyclic) bond motifs is 1. The number of rotatable bonds is 4. The molecule has 2 aliphatic heterocycles. The van der Waals surface area contributed by atoms with Gasteiger partial charge in [-0.15, -0.1) is 0 Å². The second-order valence-electron chi connectivity index (χ2n) is 5.86. The summed E-state index contributed by atoms with van der Waals surface area (Å²) in [5.41, 5.74) is 2.75. The highest BCUT2D eigenvalue weighted by Crippen LogP contribution is 2.28. The first kappa shape index (κ1) is 13.4. The van der Waals surface area contributed by atoms with Crippen LogP contribution in [0.5, 0.6) is 0 Å². The van der Waals surface area contributed by atoms with Crippen molar-refractivity contribution >= 4 is 11.6 Å². The maximum absolute atomic E-state index is 12.0. The Kier molecular flexibility index (Phi) is 3.92. The Morgan fingerprint density at radius 2 is 2.35 bits per heavy atom. The van der Waals surface area contributed by atoms with Crippen LogP contribution < -0.4 is 15.5 Å². The predicted molar refractivity (Wildman–Crippen MR) is 80.9 cm³/mol. The lowest BCUT2D eigenvalue weighted by Gasteiger charge is -2.28. The standard InChI is InChI=1S/C16H23N3O/c1-12(10-18-16(20)14-6-8-17-11-14)19-9-7-13-4-2-3-5-15(13)19/h2-5,12,14,17H,6-11H2,1H3,(H,18,20). The topological polar surface area (TPSA) is 44.4 Å². The summed E-state index contributed by atoms with van der Waals surface area (Å²) in [5, 5.41) is 6.35. The summed E-state index contributed by atoms with van der Waals surface area (Å²) in [6.07, 6.45) is 2.08. The predicted octanol–water partition coefficient (Wildman–Crippen LogP) is 1.16. The summed E-state index contributed by atoms with van der Waals surface area (Å²) in [6, 6.07) is 8.91. The van der Waals surface area contributed by atoms with Crippen LogP contribution in [-0.2, 0) is 11.2 Å². The average Bonchev–Trinajstić information content (AvgIpc) is 3.13. The monoisotopic (exact) mass is 273 g/mol. The minimum atomic E-state index is 0.160. The van der Waals surface area contributed by atoms with Crippen molar-refractivity contribution in [3.8, 4) is 0 Å². The lowest BCUT2D eigenvalue weighted by Crippen LogP contribution is -2.43. The molecule has 2 aliphatic rings. The van der Waals surface area contributed by atoms with E-state index in [2.05, 4.69) is 46.7 Å². The SMILES string of the molecule is CC(CNC(=O)C1CCNC1)N1CCc2ccccc21. The largest absolute Gasteiger partial charge is 0.366 e. The van der Waals surface area contributed by atoms with Crippen LogP contribution >= 0.6 is 0 Å². The number of hydrogen-bond donors (Lipinski definition) is 2.